The average molecular weight is 406 g/mol. The maximum atomic E-state index is 13.0. The minimum atomic E-state index is -4.65. The molecule has 0 fully saturated rings. The van der Waals surface area contributed by atoms with E-state index in [1.807, 2.05) is 0 Å². The number of halogens is 4. The Hall–Kier alpha value is -2.40. The van der Waals surface area contributed by atoms with Crippen molar-refractivity contribution in [1.29, 1.82) is 0 Å². The van der Waals surface area contributed by atoms with E-state index in [2.05, 4.69) is 10.1 Å². The Kier molecular flexibility index (Phi) is 4.53. The summed E-state index contributed by atoms with van der Waals surface area (Å²) in [5.74, 6) is -0.607. The summed E-state index contributed by atoms with van der Waals surface area (Å²) in [6, 6.07) is 1.80. The van der Waals surface area contributed by atoms with Crippen LogP contribution >= 0.6 is 22.9 Å². The molecule has 0 aromatic carbocycles. The van der Waals surface area contributed by atoms with Crippen LogP contribution in [0, 0.1) is 6.92 Å². The van der Waals surface area contributed by atoms with Gasteiger partial charge in [-0.3, -0.25) is 18.7 Å². The highest BCUT2D eigenvalue weighted by Gasteiger charge is 2.35. The van der Waals surface area contributed by atoms with E-state index >= 15 is 0 Å². The van der Waals surface area contributed by atoms with E-state index in [1.54, 1.807) is 6.92 Å². The predicted molar refractivity (Wildman–Crippen MR) is 88.3 cm³/mol. The highest BCUT2D eigenvalue weighted by molar-refractivity contribution is 7.17. The molecular formula is C14H11ClF3N5O2S. The summed E-state index contributed by atoms with van der Waals surface area (Å²) < 4.78 is 41.0. The molecule has 138 valence electrons. The molecule has 12 heteroatoms. The number of alkyl halides is 3. The lowest BCUT2D eigenvalue weighted by Crippen LogP contribution is -2.22. The van der Waals surface area contributed by atoms with Crippen molar-refractivity contribution in [2.75, 3.05) is 0 Å². The van der Waals surface area contributed by atoms with Gasteiger partial charge in [-0.25, -0.2) is 4.98 Å². The first-order valence-electron chi connectivity index (χ1n) is 7.16. The number of aromatic nitrogens is 4. The van der Waals surface area contributed by atoms with E-state index in [4.69, 9.17) is 17.3 Å². The van der Waals surface area contributed by atoms with Crippen molar-refractivity contribution in [3.05, 3.63) is 49.6 Å². The van der Waals surface area contributed by atoms with Crippen molar-refractivity contribution >= 4 is 33.8 Å². The number of hydrogen-bond donors (Lipinski definition) is 1. The third kappa shape index (κ3) is 3.44. The van der Waals surface area contributed by atoms with Crippen molar-refractivity contribution in [1.82, 2.24) is 19.2 Å². The quantitative estimate of drug-likeness (QED) is 0.718. The highest BCUT2D eigenvalue weighted by atomic mass is 35.5. The first-order valence-corrected chi connectivity index (χ1v) is 8.35. The van der Waals surface area contributed by atoms with Crippen LogP contribution in [-0.4, -0.2) is 25.1 Å². The van der Waals surface area contributed by atoms with Crippen molar-refractivity contribution in [3.8, 4) is 0 Å². The molecule has 0 saturated heterocycles. The topological polar surface area (TPSA) is 95.3 Å². The summed E-state index contributed by atoms with van der Waals surface area (Å²) in [6.07, 6.45) is -4.78. The first-order chi connectivity index (χ1) is 12.1. The summed E-state index contributed by atoms with van der Waals surface area (Å²) in [4.78, 5) is 28.7. The van der Waals surface area contributed by atoms with E-state index in [9.17, 15) is 22.8 Å². The minimum absolute atomic E-state index is 0.0899. The standard InChI is InChI=1S/C14H11ClF3N5O2S/c1-6-8(3-11(19)24)23-12(25)2-7(20-13(23)26-6)5-22-9(14(16,17)18)4-10(15)21-22/h2,4H,3,5H2,1H3,(H2,19,24). The second-order valence-electron chi connectivity index (χ2n) is 5.46. The fourth-order valence-electron chi connectivity index (χ4n) is 2.51. The molecule has 0 aliphatic carbocycles. The van der Waals surface area contributed by atoms with Crippen LogP contribution in [0.1, 0.15) is 22.0 Å². The number of aryl methyl sites for hydroxylation is 1. The smallest absolute Gasteiger partial charge is 0.369 e. The van der Waals surface area contributed by atoms with Gasteiger partial charge in [0, 0.05) is 17.0 Å². The molecule has 7 nitrogen and oxygen atoms in total. The van der Waals surface area contributed by atoms with E-state index in [0.717, 1.165) is 17.4 Å². The molecule has 3 rings (SSSR count). The highest BCUT2D eigenvalue weighted by Crippen LogP contribution is 2.31. The number of hydrogen-bond acceptors (Lipinski definition) is 5. The van der Waals surface area contributed by atoms with Gasteiger partial charge in [-0.1, -0.05) is 11.6 Å². The molecule has 0 atom stereocenters. The van der Waals surface area contributed by atoms with Crippen LogP contribution in [0.2, 0.25) is 5.15 Å². The maximum absolute atomic E-state index is 13.0. The van der Waals surface area contributed by atoms with Gasteiger partial charge in [-0.05, 0) is 6.92 Å². The van der Waals surface area contributed by atoms with Gasteiger partial charge in [0.2, 0.25) is 5.91 Å². The molecule has 1 amide bonds. The summed E-state index contributed by atoms with van der Waals surface area (Å²) in [5.41, 5.74) is 4.13. The number of fused-ring (bicyclic) bond motifs is 1. The van der Waals surface area contributed by atoms with Crippen molar-refractivity contribution < 1.29 is 18.0 Å². The molecule has 3 aromatic rings. The Labute approximate surface area is 152 Å². The Morgan fingerprint density at radius 3 is 2.69 bits per heavy atom. The molecule has 3 heterocycles. The normalized spacial score (nSPS) is 12.0. The van der Waals surface area contributed by atoms with Crippen molar-refractivity contribution in [2.45, 2.75) is 26.1 Å². The molecule has 0 spiro atoms. The Balaban J connectivity index is 2.06. The Bertz CT molecular complexity index is 1070. The van der Waals surface area contributed by atoms with Gasteiger partial charge < -0.3 is 5.73 Å². The number of carbonyl (C=O) groups excluding carboxylic acids is 1. The molecule has 3 aromatic heterocycles. The van der Waals surface area contributed by atoms with E-state index in [1.165, 1.54) is 4.40 Å². The molecule has 0 bridgehead atoms. The lowest BCUT2D eigenvalue weighted by atomic mass is 10.2. The number of nitrogens with two attached hydrogens (primary N) is 1. The Morgan fingerprint density at radius 1 is 1.38 bits per heavy atom. The molecule has 0 aliphatic rings. The van der Waals surface area contributed by atoms with Gasteiger partial charge in [0.25, 0.3) is 5.56 Å². The largest absolute Gasteiger partial charge is 0.433 e. The molecule has 0 saturated carbocycles. The van der Waals surface area contributed by atoms with Gasteiger partial charge in [0.1, 0.15) is 5.69 Å². The van der Waals surface area contributed by atoms with Crippen LogP contribution in [0.15, 0.2) is 16.9 Å². The molecule has 26 heavy (non-hydrogen) atoms. The molecular weight excluding hydrogens is 395 g/mol. The number of carbonyl (C=O) groups is 1. The minimum Gasteiger partial charge on any atom is -0.369 e. The third-order valence-electron chi connectivity index (χ3n) is 3.56. The average Bonchev–Trinajstić information content (AvgIpc) is 2.99. The zero-order chi connectivity index (χ0) is 19.2. The summed E-state index contributed by atoms with van der Waals surface area (Å²) in [6.45, 7) is 1.32. The fraction of sp³-hybridized carbons (Fsp3) is 0.286. The summed E-state index contributed by atoms with van der Waals surface area (Å²) >= 11 is 6.72. The molecule has 0 unspecified atom stereocenters. The van der Waals surface area contributed by atoms with Gasteiger partial charge in [0.05, 0.1) is 24.4 Å². The van der Waals surface area contributed by atoms with Crippen LogP contribution < -0.4 is 11.3 Å². The lowest BCUT2D eigenvalue weighted by Gasteiger charge is -2.09. The number of primary amides is 1. The fourth-order valence-corrected chi connectivity index (χ4v) is 3.72. The maximum Gasteiger partial charge on any atom is 0.433 e. The Morgan fingerprint density at radius 2 is 2.08 bits per heavy atom. The zero-order valence-corrected chi connectivity index (χ0v) is 14.7. The summed E-state index contributed by atoms with van der Waals surface area (Å²) in [7, 11) is 0. The third-order valence-corrected chi connectivity index (χ3v) is 4.74. The predicted octanol–water partition coefficient (Wildman–Crippen LogP) is 2.01. The van der Waals surface area contributed by atoms with Crippen molar-refractivity contribution in [3.63, 3.8) is 0 Å². The monoisotopic (exact) mass is 405 g/mol. The van der Waals surface area contributed by atoms with E-state index in [0.29, 0.717) is 21.3 Å². The SMILES string of the molecule is Cc1sc2nc(Cn3nc(Cl)cc3C(F)(F)F)cc(=O)n2c1CC(N)=O. The van der Waals surface area contributed by atoms with Crippen LogP contribution in [0.25, 0.3) is 4.96 Å². The van der Waals surface area contributed by atoms with Crippen molar-refractivity contribution in [2.24, 2.45) is 5.73 Å². The van der Waals surface area contributed by atoms with E-state index < -0.39 is 23.3 Å². The van der Waals surface area contributed by atoms with Gasteiger partial charge in [-0.15, -0.1) is 11.3 Å². The van der Waals surface area contributed by atoms with Gasteiger partial charge in [0.15, 0.2) is 10.1 Å². The van der Waals surface area contributed by atoms with Crippen LogP contribution in [-0.2, 0) is 23.9 Å². The lowest BCUT2D eigenvalue weighted by molar-refractivity contribution is -0.144. The van der Waals surface area contributed by atoms with Gasteiger partial charge in [-0.2, -0.15) is 18.3 Å². The molecule has 2 N–H and O–H groups in total. The summed E-state index contributed by atoms with van der Waals surface area (Å²) in [5, 5.41) is 3.29. The van der Waals surface area contributed by atoms with E-state index in [-0.39, 0.29) is 28.8 Å². The molecule has 0 radical (unpaired) electrons. The number of rotatable bonds is 4. The number of thiazole rings is 1. The molecule has 0 aliphatic heterocycles. The first kappa shape index (κ1) is 18.4. The second-order valence-corrected chi connectivity index (χ2v) is 7.03. The zero-order valence-electron chi connectivity index (χ0n) is 13.2. The second kappa shape index (κ2) is 6.40. The van der Waals surface area contributed by atoms with Crippen LogP contribution in [0.5, 0.6) is 0 Å². The van der Waals surface area contributed by atoms with Crippen LogP contribution in [0.3, 0.4) is 0 Å². The number of amides is 1. The van der Waals surface area contributed by atoms with Gasteiger partial charge >= 0.3 is 6.18 Å². The number of nitrogens with zero attached hydrogens (tertiary/aromatic N) is 4. The van der Waals surface area contributed by atoms with Crippen LogP contribution in [0.4, 0.5) is 13.2 Å².